The summed E-state index contributed by atoms with van der Waals surface area (Å²) in [5.74, 6) is 2.17. The average molecular weight is 473 g/mol. The van der Waals surface area contributed by atoms with Crippen molar-refractivity contribution in [1.82, 2.24) is 15.0 Å². The van der Waals surface area contributed by atoms with E-state index in [1.807, 2.05) is 6.92 Å². The van der Waals surface area contributed by atoms with Crippen LogP contribution in [0.1, 0.15) is 19.8 Å². The first kappa shape index (κ1) is 22.2. The first-order chi connectivity index (χ1) is 15.3. The van der Waals surface area contributed by atoms with E-state index in [2.05, 4.69) is 20.9 Å². The third-order valence-corrected chi connectivity index (χ3v) is 6.57. The molecule has 4 rings (SSSR count). The molecule has 2 aromatic heterocycles. The number of pyridine rings is 1. The summed E-state index contributed by atoms with van der Waals surface area (Å²) in [4.78, 5) is 15.8. The van der Waals surface area contributed by atoms with Gasteiger partial charge in [0.15, 0.2) is 5.82 Å². The number of benzene rings is 1. The highest BCUT2D eigenvalue weighted by atomic mass is 35.5. The van der Waals surface area contributed by atoms with Gasteiger partial charge in [0.2, 0.25) is 0 Å². The summed E-state index contributed by atoms with van der Waals surface area (Å²) in [6.07, 6.45) is 3.04. The van der Waals surface area contributed by atoms with Gasteiger partial charge in [0.1, 0.15) is 23.1 Å². The van der Waals surface area contributed by atoms with Crippen molar-refractivity contribution in [3.8, 4) is 29.0 Å². The van der Waals surface area contributed by atoms with Crippen molar-refractivity contribution in [2.75, 3.05) is 37.9 Å². The topological polar surface area (TPSA) is 110 Å². The van der Waals surface area contributed by atoms with Crippen LogP contribution in [0.4, 0.5) is 11.6 Å². The number of rotatable bonds is 4. The van der Waals surface area contributed by atoms with Gasteiger partial charge in [-0.05, 0) is 25.8 Å². The molecule has 0 aliphatic carbocycles. The SMILES string of the molecule is COc1cc(OC)c(Cl)c(-c2nc(N3CCC(C)(C#N)CC3)c3cc(N)ncc3n2)c1Cl. The number of nitrogens with two attached hydrogens (primary N) is 1. The van der Waals surface area contributed by atoms with Crippen LogP contribution in [-0.2, 0) is 0 Å². The maximum atomic E-state index is 9.50. The summed E-state index contributed by atoms with van der Waals surface area (Å²) in [5, 5.41) is 10.8. The van der Waals surface area contributed by atoms with Gasteiger partial charge in [0.05, 0.1) is 53.0 Å². The number of nitrogens with zero attached hydrogens (tertiary/aromatic N) is 5. The van der Waals surface area contributed by atoms with Crippen LogP contribution in [0, 0.1) is 16.7 Å². The van der Waals surface area contributed by atoms with E-state index in [1.54, 1.807) is 18.3 Å². The summed E-state index contributed by atoms with van der Waals surface area (Å²) in [7, 11) is 3.02. The van der Waals surface area contributed by atoms with Crippen LogP contribution in [0.25, 0.3) is 22.3 Å². The number of anilines is 2. The minimum absolute atomic E-state index is 0.280. The minimum atomic E-state index is -0.352. The van der Waals surface area contributed by atoms with E-state index < -0.39 is 0 Å². The van der Waals surface area contributed by atoms with E-state index in [-0.39, 0.29) is 15.5 Å². The lowest BCUT2D eigenvalue weighted by atomic mass is 9.82. The summed E-state index contributed by atoms with van der Waals surface area (Å²) in [5.41, 5.74) is 6.61. The van der Waals surface area contributed by atoms with Crippen LogP contribution in [0.15, 0.2) is 18.3 Å². The zero-order valence-electron chi connectivity index (χ0n) is 17.9. The Morgan fingerprint density at radius 2 is 1.72 bits per heavy atom. The van der Waals surface area contributed by atoms with Crippen LogP contribution in [0.5, 0.6) is 11.5 Å². The normalized spacial score (nSPS) is 15.4. The lowest BCUT2D eigenvalue weighted by molar-refractivity contribution is 0.336. The molecule has 1 aliphatic heterocycles. The number of nitriles is 1. The molecule has 3 heterocycles. The molecule has 1 aromatic carbocycles. The maximum absolute atomic E-state index is 9.50. The average Bonchev–Trinajstić information content (AvgIpc) is 2.79. The number of fused-ring (bicyclic) bond motifs is 1. The van der Waals surface area contributed by atoms with Crippen molar-refractivity contribution in [3.63, 3.8) is 0 Å². The van der Waals surface area contributed by atoms with E-state index in [0.717, 1.165) is 18.2 Å². The lowest BCUT2D eigenvalue weighted by Crippen LogP contribution is -2.38. The number of aromatic nitrogens is 3. The molecule has 0 saturated carbocycles. The van der Waals surface area contributed by atoms with Crippen molar-refractivity contribution in [3.05, 3.63) is 28.4 Å². The van der Waals surface area contributed by atoms with Gasteiger partial charge in [-0.3, -0.25) is 0 Å². The molecule has 0 bridgehead atoms. The van der Waals surface area contributed by atoms with Crippen LogP contribution >= 0.6 is 23.2 Å². The van der Waals surface area contributed by atoms with Gasteiger partial charge in [0.25, 0.3) is 0 Å². The number of nitrogen functional groups attached to an aromatic ring is 1. The molecule has 3 aromatic rings. The van der Waals surface area contributed by atoms with E-state index in [1.165, 1.54) is 14.2 Å². The summed E-state index contributed by atoms with van der Waals surface area (Å²) >= 11 is 13.2. The van der Waals surface area contributed by atoms with Crippen molar-refractivity contribution in [2.24, 2.45) is 5.41 Å². The smallest absolute Gasteiger partial charge is 0.165 e. The molecule has 1 fully saturated rings. The van der Waals surface area contributed by atoms with Gasteiger partial charge in [-0.25, -0.2) is 15.0 Å². The fourth-order valence-electron chi connectivity index (χ4n) is 3.79. The summed E-state index contributed by atoms with van der Waals surface area (Å²) in [6, 6.07) is 5.79. The largest absolute Gasteiger partial charge is 0.495 e. The monoisotopic (exact) mass is 472 g/mol. The Balaban J connectivity index is 1.93. The quantitative estimate of drug-likeness (QED) is 0.579. The molecule has 2 N–H and O–H groups in total. The Morgan fingerprint density at radius 3 is 2.28 bits per heavy atom. The Hall–Kier alpha value is -3.02. The summed E-state index contributed by atoms with van der Waals surface area (Å²) in [6.45, 7) is 3.32. The second-order valence-corrected chi connectivity index (χ2v) is 8.70. The fraction of sp³-hybridized carbons (Fsp3) is 0.364. The predicted molar refractivity (Wildman–Crippen MR) is 125 cm³/mol. The number of piperidine rings is 1. The van der Waals surface area contributed by atoms with Crippen molar-refractivity contribution < 1.29 is 9.47 Å². The first-order valence-corrected chi connectivity index (χ1v) is 10.8. The van der Waals surface area contributed by atoms with E-state index in [9.17, 15) is 5.26 Å². The third kappa shape index (κ3) is 3.83. The lowest BCUT2D eigenvalue weighted by Gasteiger charge is -2.36. The van der Waals surface area contributed by atoms with Gasteiger partial charge in [-0.15, -0.1) is 0 Å². The predicted octanol–water partition coefficient (Wildman–Crippen LogP) is 4.73. The minimum Gasteiger partial charge on any atom is -0.495 e. The van der Waals surface area contributed by atoms with Crippen LogP contribution < -0.4 is 20.1 Å². The number of ether oxygens (including phenoxy) is 2. The Bertz CT molecular complexity index is 1210. The number of halogens is 2. The molecule has 0 amide bonds. The molecule has 0 atom stereocenters. The van der Waals surface area contributed by atoms with Gasteiger partial charge in [-0.1, -0.05) is 23.2 Å². The maximum Gasteiger partial charge on any atom is 0.165 e. The first-order valence-electron chi connectivity index (χ1n) is 10.00. The number of hydrogen-bond acceptors (Lipinski definition) is 8. The molecule has 1 aliphatic rings. The molecule has 166 valence electrons. The van der Waals surface area contributed by atoms with Crippen LogP contribution in [-0.4, -0.2) is 42.3 Å². The molecular formula is C22H22Cl2N6O2. The van der Waals surface area contributed by atoms with Gasteiger partial charge in [-0.2, -0.15) is 5.26 Å². The standard InChI is InChI=1S/C22H22Cl2N6O2/c1-22(11-25)4-6-30(7-5-22)21-12-8-16(26)27-10-13(12)28-20(29-21)17-18(23)14(31-2)9-15(32-3)19(17)24/h8-10H,4-7H2,1-3H3,(H2,26,27). The number of methoxy groups -OCH3 is 2. The highest BCUT2D eigenvalue weighted by Crippen LogP contribution is 2.46. The van der Waals surface area contributed by atoms with Gasteiger partial charge < -0.3 is 20.1 Å². The van der Waals surface area contributed by atoms with Gasteiger partial charge in [0, 0.05) is 24.5 Å². The summed E-state index contributed by atoms with van der Waals surface area (Å²) < 4.78 is 10.8. The Kier molecular flexibility index (Phi) is 5.89. The molecule has 0 spiro atoms. The zero-order chi connectivity index (χ0) is 23.0. The molecular weight excluding hydrogens is 451 g/mol. The van der Waals surface area contributed by atoms with E-state index in [0.29, 0.717) is 53.1 Å². The Labute approximate surface area is 195 Å². The second-order valence-electron chi connectivity index (χ2n) is 7.94. The highest BCUT2D eigenvalue weighted by Gasteiger charge is 2.32. The van der Waals surface area contributed by atoms with E-state index >= 15 is 0 Å². The second kappa shape index (κ2) is 8.49. The van der Waals surface area contributed by atoms with Crippen molar-refractivity contribution in [2.45, 2.75) is 19.8 Å². The van der Waals surface area contributed by atoms with Crippen LogP contribution in [0.2, 0.25) is 10.0 Å². The Morgan fingerprint density at radius 1 is 1.09 bits per heavy atom. The number of hydrogen-bond donors (Lipinski definition) is 1. The molecule has 32 heavy (non-hydrogen) atoms. The third-order valence-electron chi connectivity index (χ3n) is 5.82. The molecule has 0 unspecified atom stereocenters. The zero-order valence-corrected chi connectivity index (χ0v) is 19.5. The van der Waals surface area contributed by atoms with E-state index in [4.69, 9.17) is 43.4 Å². The van der Waals surface area contributed by atoms with Crippen molar-refractivity contribution in [1.29, 1.82) is 5.26 Å². The van der Waals surface area contributed by atoms with Crippen LogP contribution in [0.3, 0.4) is 0 Å². The van der Waals surface area contributed by atoms with Gasteiger partial charge >= 0.3 is 0 Å². The molecule has 8 nitrogen and oxygen atoms in total. The fourth-order valence-corrected chi connectivity index (χ4v) is 4.46. The molecule has 1 saturated heterocycles. The highest BCUT2D eigenvalue weighted by molar-refractivity contribution is 6.41. The molecule has 0 radical (unpaired) electrons. The van der Waals surface area contributed by atoms with Crippen molar-refractivity contribution >= 4 is 45.7 Å². The molecule has 10 heteroatoms.